The zero-order valence-corrected chi connectivity index (χ0v) is 21.3. The number of carbonyl (C=O) groups is 1. The summed E-state index contributed by atoms with van der Waals surface area (Å²) in [6, 6.07) is 11.1. The van der Waals surface area contributed by atoms with Crippen LogP contribution in [0.15, 0.2) is 30.3 Å². The van der Waals surface area contributed by atoms with Crippen LogP contribution in [0.5, 0.6) is 0 Å². The van der Waals surface area contributed by atoms with E-state index in [2.05, 4.69) is 59.1 Å². The second-order valence-corrected chi connectivity index (χ2v) is 12.6. The minimum absolute atomic E-state index is 0.0165. The molecule has 1 N–H and O–H groups in total. The third-order valence-corrected chi connectivity index (χ3v) is 10.3. The van der Waals surface area contributed by atoms with Crippen LogP contribution in [-0.2, 0) is 5.54 Å². The minimum Gasteiger partial charge on any atom is -0.388 e. The normalized spacial score (nSPS) is 32.5. The molecule has 4 aliphatic rings. The van der Waals surface area contributed by atoms with Gasteiger partial charge in [-0.2, -0.15) is 11.8 Å². The first-order valence-corrected chi connectivity index (χ1v) is 14.1. The maximum Gasteiger partial charge on any atom is 0.320 e. The predicted octanol–water partition coefficient (Wildman–Crippen LogP) is 4.55. The third kappa shape index (κ3) is 4.32. The summed E-state index contributed by atoms with van der Waals surface area (Å²) in [5.74, 6) is 3.08. The summed E-state index contributed by atoms with van der Waals surface area (Å²) >= 11 is 2.05. The molecule has 6 heteroatoms. The number of hydrogen-bond acceptors (Lipinski definition) is 4. The number of aliphatic hydroxyl groups is 1. The van der Waals surface area contributed by atoms with Gasteiger partial charge >= 0.3 is 6.03 Å². The number of amides is 2. The molecule has 2 heterocycles. The van der Waals surface area contributed by atoms with E-state index in [1.807, 2.05) is 11.8 Å². The number of β-amino-alcohol motifs (C(OH)–C–C–N with tert-alkyl or cyclic N) is 1. The molecule has 2 amide bonds. The van der Waals surface area contributed by atoms with E-state index in [0.717, 1.165) is 58.0 Å². The highest BCUT2D eigenvalue weighted by Crippen LogP contribution is 2.50. The molecule has 33 heavy (non-hydrogen) atoms. The Morgan fingerprint density at radius 3 is 2.27 bits per heavy atom. The molecule has 182 valence electrons. The largest absolute Gasteiger partial charge is 0.388 e. The Balaban J connectivity index is 1.38. The van der Waals surface area contributed by atoms with Gasteiger partial charge in [-0.25, -0.2) is 4.79 Å². The molecule has 1 spiro atoms. The monoisotopic (exact) mass is 471 g/mol. The second kappa shape index (κ2) is 9.09. The maximum absolute atomic E-state index is 13.8. The molecule has 4 fully saturated rings. The van der Waals surface area contributed by atoms with E-state index in [0.29, 0.717) is 12.5 Å². The van der Waals surface area contributed by atoms with Crippen LogP contribution in [0, 0.1) is 5.92 Å². The van der Waals surface area contributed by atoms with Gasteiger partial charge in [0.05, 0.1) is 17.7 Å². The van der Waals surface area contributed by atoms with Crippen molar-refractivity contribution in [2.45, 2.75) is 74.5 Å². The Labute approximate surface area is 203 Å². The Bertz CT molecular complexity index is 827. The molecular weight excluding hydrogens is 430 g/mol. The first kappa shape index (κ1) is 23.5. The van der Waals surface area contributed by atoms with E-state index in [1.165, 1.54) is 29.9 Å². The average Bonchev–Trinajstić information content (AvgIpc) is 3.05. The van der Waals surface area contributed by atoms with Crippen molar-refractivity contribution in [3.8, 4) is 0 Å². The van der Waals surface area contributed by atoms with Crippen LogP contribution >= 0.6 is 11.8 Å². The zero-order chi connectivity index (χ0) is 23.1. The Hall–Kier alpha value is -1.24. The van der Waals surface area contributed by atoms with E-state index >= 15 is 0 Å². The van der Waals surface area contributed by atoms with Crippen LogP contribution < -0.4 is 0 Å². The van der Waals surface area contributed by atoms with Gasteiger partial charge in [-0.1, -0.05) is 30.3 Å². The van der Waals surface area contributed by atoms with Gasteiger partial charge in [0.25, 0.3) is 0 Å². The molecule has 5 rings (SSSR count). The lowest BCUT2D eigenvalue weighted by Gasteiger charge is -2.52. The number of urea groups is 1. The van der Waals surface area contributed by atoms with Crippen LogP contribution in [0.2, 0.25) is 0 Å². The number of rotatable bonds is 6. The van der Waals surface area contributed by atoms with Crippen LogP contribution in [0.1, 0.15) is 63.4 Å². The molecule has 2 saturated heterocycles. The molecule has 5 nitrogen and oxygen atoms in total. The van der Waals surface area contributed by atoms with Gasteiger partial charge in [0.15, 0.2) is 0 Å². The number of carbonyl (C=O) groups excluding carboxylic acids is 1. The Morgan fingerprint density at radius 2 is 1.70 bits per heavy atom. The molecule has 2 aliphatic heterocycles. The molecule has 1 aromatic rings. The van der Waals surface area contributed by atoms with E-state index in [4.69, 9.17) is 0 Å². The van der Waals surface area contributed by atoms with E-state index < -0.39 is 5.60 Å². The summed E-state index contributed by atoms with van der Waals surface area (Å²) in [5, 5.41) is 11.1. The molecule has 2 saturated carbocycles. The van der Waals surface area contributed by atoms with Gasteiger partial charge in [0.2, 0.25) is 0 Å². The molecule has 2 aliphatic carbocycles. The lowest BCUT2D eigenvalue weighted by atomic mass is 9.67. The number of hydrogen-bond donors (Lipinski definition) is 1. The minimum atomic E-state index is -0.671. The van der Waals surface area contributed by atoms with Gasteiger partial charge in [-0.15, -0.1) is 0 Å². The fraction of sp³-hybridized carbons (Fsp3) is 0.741. The van der Waals surface area contributed by atoms with Crippen LogP contribution in [0.4, 0.5) is 4.79 Å². The Kier molecular flexibility index (Phi) is 6.47. The predicted molar refractivity (Wildman–Crippen MR) is 136 cm³/mol. The SMILES string of the molecule is CN(C)[C@]1(c2ccccc2)CC[C@]2(CC1)CN(CC1CCSCC1)C(=O)N2CC1(O)CCC1. The highest BCUT2D eigenvalue weighted by atomic mass is 32.2. The topological polar surface area (TPSA) is 47.0 Å². The average molecular weight is 472 g/mol. The molecule has 0 aromatic heterocycles. The lowest BCUT2D eigenvalue weighted by molar-refractivity contribution is -0.0725. The van der Waals surface area contributed by atoms with Crippen LogP contribution in [-0.4, -0.2) is 82.2 Å². The van der Waals surface area contributed by atoms with Crippen molar-refractivity contribution in [2.24, 2.45) is 5.92 Å². The second-order valence-electron chi connectivity index (χ2n) is 11.4. The van der Waals surface area contributed by atoms with E-state index in [1.54, 1.807) is 0 Å². The summed E-state index contributed by atoms with van der Waals surface area (Å²) in [7, 11) is 4.40. The first-order valence-electron chi connectivity index (χ1n) is 13.0. The molecular formula is C27H41N3O2S. The van der Waals surface area contributed by atoms with E-state index in [-0.39, 0.29) is 17.1 Å². The van der Waals surface area contributed by atoms with Crippen LogP contribution in [0.3, 0.4) is 0 Å². The van der Waals surface area contributed by atoms with Crippen molar-refractivity contribution < 1.29 is 9.90 Å². The van der Waals surface area contributed by atoms with Crippen molar-refractivity contribution in [3.63, 3.8) is 0 Å². The highest BCUT2D eigenvalue weighted by Gasteiger charge is 2.56. The summed E-state index contributed by atoms with van der Waals surface area (Å²) in [4.78, 5) is 20.5. The standard InChI is InChI=1S/C27H41N3O2S/c1-28(2)27(23-7-4-3-5-8-23)15-13-25(14-16-27)20-29(19-22-9-17-33-18-10-22)24(31)30(25)21-26(32)11-6-12-26/h3-5,7-8,22,32H,6,9-21H2,1-2H3/t25-,27+. The van der Waals surface area contributed by atoms with Crippen molar-refractivity contribution in [3.05, 3.63) is 35.9 Å². The van der Waals surface area contributed by atoms with Gasteiger partial charge in [-0.3, -0.25) is 4.90 Å². The fourth-order valence-electron chi connectivity index (χ4n) is 6.84. The van der Waals surface area contributed by atoms with Gasteiger partial charge in [0, 0.05) is 18.6 Å². The number of benzene rings is 1. The molecule has 0 unspecified atom stereocenters. The number of nitrogens with zero attached hydrogens (tertiary/aromatic N) is 3. The Morgan fingerprint density at radius 1 is 1.03 bits per heavy atom. The summed E-state index contributed by atoms with van der Waals surface area (Å²) in [6.45, 7) is 2.25. The van der Waals surface area contributed by atoms with Crippen molar-refractivity contribution in [2.75, 3.05) is 45.2 Å². The highest BCUT2D eigenvalue weighted by molar-refractivity contribution is 7.99. The summed E-state index contributed by atoms with van der Waals surface area (Å²) in [6.07, 6.45) is 9.27. The van der Waals surface area contributed by atoms with Crippen molar-refractivity contribution in [1.29, 1.82) is 0 Å². The molecule has 0 atom stereocenters. The smallest absolute Gasteiger partial charge is 0.320 e. The first-order chi connectivity index (χ1) is 15.9. The van der Waals surface area contributed by atoms with Gasteiger partial charge in [0.1, 0.15) is 0 Å². The van der Waals surface area contributed by atoms with Gasteiger partial charge < -0.3 is 14.9 Å². The lowest BCUT2D eigenvalue weighted by Crippen LogP contribution is -2.59. The fourth-order valence-corrected chi connectivity index (χ4v) is 8.04. The summed E-state index contributed by atoms with van der Waals surface area (Å²) in [5.41, 5.74) is 0.591. The maximum atomic E-state index is 13.8. The zero-order valence-electron chi connectivity index (χ0n) is 20.5. The quantitative estimate of drug-likeness (QED) is 0.661. The molecule has 0 radical (unpaired) electrons. The number of thioether (sulfide) groups is 1. The third-order valence-electron chi connectivity index (χ3n) is 9.29. The molecule has 1 aromatic carbocycles. The van der Waals surface area contributed by atoms with Crippen molar-refractivity contribution in [1.82, 2.24) is 14.7 Å². The van der Waals surface area contributed by atoms with E-state index in [9.17, 15) is 9.90 Å². The molecule has 0 bridgehead atoms. The summed E-state index contributed by atoms with van der Waals surface area (Å²) < 4.78 is 0. The van der Waals surface area contributed by atoms with Crippen LogP contribution in [0.25, 0.3) is 0 Å². The van der Waals surface area contributed by atoms with Gasteiger partial charge in [-0.05, 0) is 94.9 Å². The van der Waals surface area contributed by atoms with Crippen molar-refractivity contribution >= 4 is 17.8 Å².